The number of nitrogens with zero attached hydrogens (tertiary/aromatic N) is 4. The minimum Gasteiger partial charge on any atom is -0.267 e. The fourth-order valence-electron chi connectivity index (χ4n) is 1.93. The Morgan fingerprint density at radius 1 is 0.958 bits per heavy atom. The second-order valence-electron chi connectivity index (χ2n) is 4.72. The Morgan fingerprint density at radius 3 is 2.33 bits per heavy atom. The van der Waals surface area contributed by atoms with Crippen molar-refractivity contribution >= 4 is 11.8 Å². The third-order valence-electron chi connectivity index (χ3n) is 3.12. The molecule has 9 heteroatoms. The molecule has 2 N–H and O–H groups in total. The van der Waals surface area contributed by atoms with Gasteiger partial charge in [-0.05, 0) is 52.9 Å². The van der Waals surface area contributed by atoms with Crippen LogP contribution < -0.4 is 10.9 Å². The zero-order valence-corrected chi connectivity index (χ0v) is 12.2. The molecule has 0 aliphatic rings. The van der Waals surface area contributed by atoms with Crippen LogP contribution in [0.5, 0.6) is 0 Å². The number of tetrazole rings is 1. The van der Waals surface area contributed by atoms with E-state index in [1.807, 2.05) is 0 Å². The highest BCUT2D eigenvalue weighted by molar-refractivity contribution is 5.99. The molecule has 0 spiro atoms. The largest absolute Gasteiger partial charge is 0.269 e. The maximum absolute atomic E-state index is 12.8. The molecule has 24 heavy (non-hydrogen) atoms. The average Bonchev–Trinajstić information content (AvgIpc) is 3.15. The Hall–Kier alpha value is -3.62. The van der Waals surface area contributed by atoms with Crippen LogP contribution in [0.3, 0.4) is 0 Å². The third kappa shape index (κ3) is 3.40. The maximum Gasteiger partial charge on any atom is 0.269 e. The summed E-state index contributed by atoms with van der Waals surface area (Å²) < 4.78 is 14.2. The quantitative estimate of drug-likeness (QED) is 0.696. The molecule has 0 saturated carbocycles. The van der Waals surface area contributed by atoms with Crippen LogP contribution in [-0.2, 0) is 0 Å². The SMILES string of the molecule is O=C(NNC(=O)c1cccc(-n2cnnn2)c1)c1ccc(F)cc1. The summed E-state index contributed by atoms with van der Waals surface area (Å²) in [5.74, 6) is -1.52. The fourth-order valence-corrected chi connectivity index (χ4v) is 1.93. The van der Waals surface area contributed by atoms with E-state index in [2.05, 4.69) is 26.4 Å². The van der Waals surface area contributed by atoms with Gasteiger partial charge in [0.25, 0.3) is 11.8 Å². The van der Waals surface area contributed by atoms with Gasteiger partial charge in [-0.15, -0.1) is 5.10 Å². The number of nitrogens with one attached hydrogen (secondary N) is 2. The molecule has 8 nitrogen and oxygen atoms in total. The Labute approximate surface area is 135 Å². The van der Waals surface area contributed by atoms with E-state index in [9.17, 15) is 14.0 Å². The molecule has 0 aliphatic carbocycles. The van der Waals surface area contributed by atoms with Crippen molar-refractivity contribution in [3.63, 3.8) is 0 Å². The molecule has 0 unspecified atom stereocenters. The maximum atomic E-state index is 12.8. The Morgan fingerprint density at radius 2 is 1.67 bits per heavy atom. The van der Waals surface area contributed by atoms with Crippen LogP contribution in [0.15, 0.2) is 54.9 Å². The Bertz CT molecular complexity index is 864. The minimum atomic E-state index is -0.556. The van der Waals surface area contributed by atoms with Crippen molar-refractivity contribution < 1.29 is 14.0 Å². The standard InChI is InChI=1S/C15H11FN6O2/c16-12-6-4-10(5-7-12)14(23)18-19-15(24)11-2-1-3-13(8-11)22-9-17-20-21-22/h1-9H,(H,18,23)(H,19,24). The lowest BCUT2D eigenvalue weighted by atomic mass is 10.2. The first-order valence-electron chi connectivity index (χ1n) is 6.83. The molecule has 0 atom stereocenters. The predicted molar refractivity (Wildman–Crippen MR) is 80.5 cm³/mol. The fraction of sp³-hybridized carbons (Fsp3) is 0. The van der Waals surface area contributed by atoms with E-state index in [-0.39, 0.29) is 5.56 Å². The van der Waals surface area contributed by atoms with Crippen LogP contribution in [0.25, 0.3) is 5.69 Å². The summed E-state index contributed by atoms with van der Waals surface area (Å²) in [4.78, 5) is 24.0. The van der Waals surface area contributed by atoms with Crippen LogP contribution in [0, 0.1) is 5.82 Å². The normalized spacial score (nSPS) is 10.2. The van der Waals surface area contributed by atoms with Crippen molar-refractivity contribution in [1.29, 1.82) is 0 Å². The van der Waals surface area contributed by atoms with E-state index >= 15 is 0 Å². The average molecular weight is 326 g/mol. The lowest BCUT2D eigenvalue weighted by molar-refractivity contribution is 0.0846. The van der Waals surface area contributed by atoms with E-state index < -0.39 is 17.6 Å². The highest BCUT2D eigenvalue weighted by Gasteiger charge is 2.10. The highest BCUT2D eigenvalue weighted by atomic mass is 19.1. The minimum absolute atomic E-state index is 0.221. The second-order valence-corrected chi connectivity index (χ2v) is 4.72. The van der Waals surface area contributed by atoms with E-state index in [0.717, 1.165) is 12.1 Å². The van der Waals surface area contributed by atoms with Crippen molar-refractivity contribution in [3.05, 3.63) is 71.8 Å². The molecule has 0 bridgehead atoms. The summed E-state index contributed by atoms with van der Waals surface area (Å²) in [6.07, 6.45) is 1.40. The number of aromatic nitrogens is 4. The van der Waals surface area contributed by atoms with Crippen LogP contribution in [0.2, 0.25) is 0 Å². The lowest BCUT2D eigenvalue weighted by Gasteiger charge is -2.08. The molecule has 1 heterocycles. The number of hydrogen-bond acceptors (Lipinski definition) is 5. The predicted octanol–water partition coefficient (Wildman–Crippen LogP) is 0.876. The van der Waals surface area contributed by atoms with E-state index in [0.29, 0.717) is 11.3 Å². The number of carbonyl (C=O) groups excluding carboxylic acids is 2. The smallest absolute Gasteiger partial charge is 0.267 e. The van der Waals surface area contributed by atoms with Gasteiger partial charge in [0.05, 0.1) is 5.69 Å². The number of hydrazine groups is 1. The monoisotopic (exact) mass is 326 g/mol. The Kier molecular flexibility index (Phi) is 4.23. The van der Waals surface area contributed by atoms with E-state index in [1.54, 1.807) is 24.3 Å². The molecule has 3 rings (SSSR count). The zero-order valence-electron chi connectivity index (χ0n) is 12.2. The lowest BCUT2D eigenvalue weighted by Crippen LogP contribution is -2.41. The highest BCUT2D eigenvalue weighted by Crippen LogP contribution is 2.08. The molecular formula is C15H11FN6O2. The Balaban J connectivity index is 1.66. The van der Waals surface area contributed by atoms with E-state index in [1.165, 1.54) is 23.1 Å². The topological polar surface area (TPSA) is 102 Å². The van der Waals surface area contributed by atoms with Gasteiger partial charge >= 0.3 is 0 Å². The van der Waals surface area contributed by atoms with Gasteiger partial charge in [0.15, 0.2) is 0 Å². The summed E-state index contributed by atoms with van der Waals surface area (Å²) >= 11 is 0. The first-order valence-corrected chi connectivity index (χ1v) is 6.83. The molecular weight excluding hydrogens is 315 g/mol. The van der Waals surface area contributed by atoms with Crippen molar-refractivity contribution in [2.75, 3.05) is 0 Å². The molecule has 0 radical (unpaired) electrons. The van der Waals surface area contributed by atoms with Gasteiger partial charge in [-0.2, -0.15) is 0 Å². The van der Waals surface area contributed by atoms with Crippen LogP contribution in [-0.4, -0.2) is 32.0 Å². The first kappa shape index (κ1) is 15.3. The number of rotatable bonds is 3. The number of halogens is 1. The van der Waals surface area contributed by atoms with Gasteiger partial charge in [-0.1, -0.05) is 6.07 Å². The second kappa shape index (κ2) is 6.65. The van der Waals surface area contributed by atoms with Crippen molar-refractivity contribution in [2.45, 2.75) is 0 Å². The summed E-state index contributed by atoms with van der Waals surface area (Å²) in [5.41, 5.74) is 5.68. The molecule has 0 aliphatic heterocycles. The van der Waals surface area contributed by atoms with Crippen molar-refractivity contribution in [2.24, 2.45) is 0 Å². The molecule has 2 aromatic carbocycles. The summed E-state index contributed by atoms with van der Waals surface area (Å²) in [6, 6.07) is 11.5. The number of amides is 2. The van der Waals surface area contributed by atoms with Gasteiger partial charge in [-0.25, -0.2) is 9.07 Å². The molecule has 0 fully saturated rings. The van der Waals surface area contributed by atoms with Gasteiger partial charge in [-0.3, -0.25) is 20.4 Å². The number of carbonyl (C=O) groups is 2. The van der Waals surface area contributed by atoms with Crippen LogP contribution >= 0.6 is 0 Å². The third-order valence-corrected chi connectivity index (χ3v) is 3.12. The van der Waals surface area contributed by atoms with Crippen LogP contribution in [0.4, 0.5) is 4.39 Å². The van der Waals surface area contributed by atoms with Gasteiger partial charge < -0.3 is 0 Å². The zero-order chi connectivity index (χ0) is 16.9. The van der Waals surface area contributed by atoms with Crippen molar-refractivity contribution in [3.8, 4) is 5.69 Å². The number of hydrogen-bond donors (Lipinski definition) is 2. The summed E-state index contributed by atoms with van der Waals surface area (Å²) in [5, 5.41) is 10.8. The van der Waals surface area contributed by atoms with Gasteiger partial charge in [0, 0.05) is 11.1 Å². The summed E-state index contributed by atoms with van der Waals surface area (Å²) in [7, 11) is 0. The van der Waals surface area contributed by atoms with Gasteiger partial charge in [0.1, 0.15) is 12.1 Å². The number of benzene rings is 2. The van der Waals surface area contributed by atoms with Crippen LogP contribution in [0.1, 0.15) is 20.7 Å². The molecule has 2 amide bonds. The first-order chi connectivity index (χ1) is 11.6. The van der Waals surface area contributed by atoms with Crippen molar-refractivity contribution in [1.82, 2.24) is 31.1 Å². The molecule has 3 aromatic rings. The molecule has 0 saturated heterocycles. The van der Waals surface area contributed by atoms with E-state index in [4.69, 9.17) is 0 Å². The summed E-state index contributed by atoms with van der Waals surface area (Å²) in [6.45, 7) is 0. The molecule has 120 valence electrons. The van der Waals surface area contributed by atoms with Gasteiger partial charge in [0.2, 0.25) is 0 Å². The molecule has 1 aromatic heterocycles.